The molecule has 2 rings (SSSR count). The monoisotopic (exact) mass is 365 g/mol. The van der Waals surface area contributed by atoms with Crippen molar-refractivity contribution in [1.29, 1.82) is 5.26 Å². The molecule has 2 aromatic rings. The minimum atomic E-state index is -0.510. The molecule has 0 saturated heterocycles. The van der Waals surface area contributed by atoms with Crippen molar-refractivity contribution in [2.75, 3.05) is 13.4 Å². The summed E-state index contributed by atoms with van der Waals surface area (Å²) in [5.41, 5.74) is 0.0336. The van der Waals surface area contributed by atoms with E-state index in [9.17, 15) is 10.1 Å². The highest BCUT2D eigenvalue weighted by molar-refractivity contribution is 7.98. The first kappa shape index (κ1) is 18.2. The van der Waals surface area contributed by atoms with Gasteiger partial charge in [-0.05, 0) is 26.2 Å². The number of nitrogens with zero attached hydrogens (tertiary/aromatic N) is 2. The SMILES string of the molecule is COc1cc(-c2nc(SC)[nH]c(=O)c2C#N)c(Cl)cc1OC(C)C. The highest BCUT2D eigenvalue weighted by Gasteiger charge is 2.19. The molecular formula is C16H16ClN3O3S. The number of nitriles is 1. The van der Waals surface area contributed by atoms with Gasteiger partial charge in [0.05, 0.1) is 23.9 Å². The lowest BCUT2D eigenvalue weighted by molar-refractivity contribution is 0.230. The molecule has 0 unspecified atom stereocenters. The van der Waals surface area contributed by atoms with Gasteiger partial charge in [0, 0.05) is 11.6 Å². The first-order valence-electron chi connectivity index (χ1n) is 7.04. The fourth-order valence-electron chi connectivity index (χ4n) is 2.07. The Morgan fingerprint density at radius 2 is 2.08 bits per heavy atom. The fourth-order valence-corrected chi connectivity index (χ4v) is 2.69. The molecule has 6 nitrogen and oxygen atoms in total. The largest absolute Gasteiger partial charge is 0.493 e. The lowest BCUT2D eigenvalue weighted by Crippen LogP contribution is -2.15. The second kappa shape index (κ2) is 7.60. The molecular weight excluding hydrogens is 350 g/mol. The highest BCUT2D eigenvalue weighted by atomic mass is 35.5. The maximum Gasteiger partial charge on any atom is 0.270 e. The quantitative estimate of drug-likeness (QED) is 0.644. The Hall–Kier alpha value is -2.17. The van der Waals surface area contributed by atoms with Crippen molar-refractivity contribution in [3.8, 4) is 28.8 Å². The van der Waals surface area contributed by atoms with Crippen molar-refractivity contribution in [1.82, 2.24) is 9.97 Å². The molecule has 0 fully saturated rings. The van der Waals surface area contributed by atoms with Gasteiger partial charge in [0.1, 0.15) is 11.6 Å². The number of halogens is 1. The summed E-state index contributed by atoms with van der Waals surface area (Å²) < 4.78 is 11.0. The molecule has 0 aliphatic carbocycles. The average molecular weight is 366 g/mol. The molecule has 0 aliphatic rings. The molecule has 1 heterocycles. The van der Waals surface area contributed by atoms with Crippen LogP contribution in [0.1, 0.15) is 19.4 Å². The molecule has 1 aromatic heterocycles. The van der Waals surface area contributed by atoms with Crippen LogP contribution in [0.4, 0.5) is 0 Å². The number of methoxy groups -OCH3 is 1. The Bertz CT molecular complexity index is 859. The Morgan fingerprint density at radius 3 is 2.62 bits per heavy atom. The van der Waals surface area contributed by atoms with E-state index < -0.39 is 5.56 Å². The van der Waals surface area contributed by atoms with Crippen LogP contribution < -0.4 is 15.0 Å². The van der Waals surface area contributed by atoms with E-state index in [-0.39, 0.29) is 17.4 Å². The number of H-pyrrole nitrogens is 1. The van der Waals surface area contributed by atoms with Gasteiger partial charge in [0.2, 0.25) is 0 Å². The zero-order valence-electron chi connectivity index (χ0n) is 13.6. The summed E-state index contributed by atoms with van der Waals surface area (Å²) in [6.45, 7) is 3.77. The van der Waals surface area contributed by atoms with Gasteiger partial charge < -0.3 is 14.5 Å². The Kier molecular flexibility index (Phi) is 5.75. The summed E-state index contributed by atoms with van der Waals surface area (Å²) in [5.74, 6) is 0.925. The van der Waals surface area contributed by atoms with Gasteiger partial charge in [0.15, 0.2) is 16.7 Å². The molecule has 0 bridgehead atoms. The minimum Gasteiger partial charge on any atom is -0.493 e. The standard InChI is InChI=1S/C16H16ClN3O3S/c1-8(2)23-13-6-11(17)9(5-12(13)22-3)14-10(7-18)15(21)20-16(19-14)24-4/h5-6,8H,1-4H3,(H,19,20,21). The summed E-state index contributed by atoms with van der Waals surface area (Å²) in [6.07, 6.45) is 1.71. The van der Waals surface area contributed by atoms with Crippen molar-refractivity contribution in [3.63, 3.8) is 0 Å². The molecule has 8 heteroatoms. The van der Waals surface area contributed by atoms with Gasteiger partial charge in [-0.25, -0.2) is 4.98 Å². The van der Waals surface area contributed by atoms with Crippen LogP contribution in [0.15, 0.2) is 22.1 Å². The van der Waals surface area contributed by atoms with Gasteiger partial charge in [0.25, 0.3) is 5.56 Å². The lowest BCUT2D eigenvalue weighted by atomic mass is 10.1. The molecule has 0 aliphatic heterocycles. The van der Waals surface area contributed by atoms with E-state index in [1.165, 1.54) is 18.9 Å². The van der Waals surface area contributed by atoms with Crippen molar-refractivity contribution >= 4 is 23.4 Å². The summed E-state index contributed by atoms with van der Waals surface area (Å²) in [6, 6.07) is 5.09. The molecule has 1 aromatic carbocycles. The molecule has 0 atom stereocenters. The maximum atomic E-state index is 12.1. The summed E-state index contributed by atoms with van der Waals surface area (Å²) in [5, 5.41) is 10.0. The third-order valence-corrected chi connectivity index (χ3v) is 3.97. The molecule has 1 N–H and O–H groups in total. The summed E-state index contributed by atoms with van der Waals surface area (Å²) >= 11 is 7.61. The number of thioether (sulfide) groups is 1. The van der Waals surface area contributed by atoms with Crippen LogP contribution in [0, 0.1) is 11.3 Å². The van der Waals surface area contributed by atoms with Gasteiger partial charge in [-0.3, -0.25) is 4.79 Å². The van der Waals surface area contributed by atoms with E-state index >= 15 is 0 Å². The molecule has 126 valence electrons. The number of aromatic nitrogens is 2. The second-order valence-electron chi connectivity index (χ2n) is 5.06. The Morgan fingerprint density at radius 1 is 1.38 bits per heavy atom. The Labute approximate surface area is 148 Å². The van der Waals surface area contributed by atoms with E-state index in [1.54, 1.807) is 18.4 Å². The van der Waals surface area contributed by atoms with E-state index in [2.05, 4.69) is 9.97 Å². The fraction of sp³-hybridized carbons (Fsp3) is 0.312. The maximum absolute atomic E-state index is 12.1. The predicted octanol–water partition coefficient (Wildman–Crippen LogP) is 3.48. The van der Waals surface area contributed by atoms with E-state index in [1.807, 2.05) is 19.9 Å². The molecule has 0 amide bonds. The molecule has 0 saturated carbocycles. The van der Waals surface area contributed by atoms with E-state index in [4.69, 9.17) is 21.1 Å². The van der Waals surface area contributed by atoms with Crippen molar-refractivity contribution < 1.29 is 9.47 Å². The van der Waals surface area contributed by atoms with Crippen molar-refractivity contribution in [3.05, 3.63) is 33.1 Å². The predicted molar refractivity (Wildman–Crippen MR) is 94.1 cm³/mol. The van der Waals surface area contributed by atoms with Crippen LogP contribution in [0.3, 0.4) is 0 Å². The highest BCUT2D eigenvalue weighted by Crippen LogP contribution is 2.39. The summed E-state index contributed by atoms with van der Waals surface area (Å²) in [4.78, 5) is 18.9. The van der Waals surface area contributed by atoms with Crippen LogP contribution in [0.2, 0.25) is 5.02 Å². The summed E-state index contributed by atoms with van der Waals surface area (Å²) in [7, 11) is 1.50. The number of aromatic amines is 1. The van der Waals surface area contributed by atoms with Crippen LogP contribution in [0.5, 0.6) is 11.5 Å². The van der Waals surface area contributed by atoms with E-state index in [0.717, 1.165) is 0 Å². The number of benzene rings is 1. The average Bonchev–Trinajstić information content (AvgIpc) is 2.53. The van der Waals surface area contributed by atoms with Crippen LogP contribution >= 0.6 is 23.4 Å². The van der Waals surface area contributed by atoms with Gasteiger partial charge in [-0.2, -0.15) is 5.26 Å². The van der Waals surface area contributed by atoms with Crippen LogP contribution in [-0.4, -0.2) is 29.4 Å². The number of hydrogen-bond acceptors (Lipinski definition) is 6. The molecule has 0 radical (unpaired) electrons. The van der Waals surface area contributed by atoms with Crippen LogP contribution in [0.25, 0.3) is 11.3 Å². The third kappa shape index (κ3) is 3.66. The van der Waals surface area contributed by atoms with E-state index in [0.29, 0.717) is 27.2 Å². The number of ether oxygens (including phenoxy) is 2. The van der Waals surface area contributed by atoms with Gasteiger partial charge in [-0.15, -0.1) is 0 Å². The zero-order valence-corrected chi connectivity index (χ0v) is 15.2. The Balaban J connectivity index is 2.72. The van der Waals surface area contributed by atoms with Crippen molar-refractivity contribution in [2.45, 2.75) is 25.1 Å². The number of rotatable bonds is 5. The van der Waals surface area contributed by atoms with Gasteiger partial charge in [-0.1, -0.05) is 23.4 Å². The zero-order chi connectivity index (χ0) is 17.9. The topological polar surface area (TPSA) is 88.0 Å². The van der Waals surface area contributed by atoms with Gasteiger partial charge >= 0.3 is 0 Å². The number of nitrogens with one attached hydrogen (secondary N) is 1. The molecule has 24 heavy (non-hydrogen) atoms. The first-order valence-corrected chi connectivity index (χ1v) is 8.64. The minimum absolute atomic E-state index is 0.0590. The third-order valence-electron chi connectivity index (χ3n) is 3.07. The second-order valence-corrected chi connectivity index (χ2v) is 6.26. The normalized spacial score (nSPS) is 10.5. The van der Waals surface area contributed by atoms with Crippen molar-refractivity contribution in [2.24, 2.45) is 0 Å². The smallest absolute Gasteiger partial charge is 0.270 e. The molecule has 0 spiro atoms. The number of hydrogen-bond donors (Lipinski definition) is 1. The lowest BCUT2D eigenvalue weighted by Gasteiger charge is -2.16. The first-order chi connectivity index (χ1) is 11.4. The van der Waals surface area contributed by atoms with Crippen LogP contribution in [-0.2, 0) is 0 Å².